The second kappa shape index (κ2) is 8.89. The molecule has 5 nitrogen and oxygen atoms in total. The van der Waals surface area contributed by atoms with Crippen molar-refractivity contribution in [1.82, 2.24) is 0 Å². The van der Waals surface area contributed by atoms with Crippen molar-refractivity contribution in [2.75, 3.05) is 16.8 Å². The summed E-state index contributed by atoms with van der Waals surface area (Å²) in [6.07, 6.45) is 0.0350. The summed E-state index contributed by atoms with van der Waals surface area (Å²) in [5.74, 6) is -0.0977. The summed E-state index contributed by atoms with van der Waals surface area (Å²) < 4.78 is 5.72. The molecule has 6 heteroatoms. The molecule has 0 fully saturated rings. The normalized spacial score (nSPS) is 13.8. The fourth-order valence-corrected chi connectivity index (χ4v) is 3.88. The van der Waals surface area contributed by atoms with Crippen molar-refractivity contribution in [2.45, 2.75) is 20.0 Å². The lowest BCUT2D eigenvalue weighted by Crippen LogP contribution is -2.34. The van der Waals surface area contributed by atoms with Crippen LogP contribution in [0.2, 0.25) is 5.02 Å². The summed E-state index contributed by atoms with van der Waals surface area (Å²) in [6.45, 7) is 3.90. The van der Waals surface area contributed by atoms with Gasteiger partial charge in [-0.3, -0.25) is 9.59 Å². The zero-order valence-electron chi connectivity index (χ0n) is 18.1. The number of imide groups is 1. The maximum Gasteiger partial charge on any atom is 0.282 e. The molecule has 0 N–H and O–H groups in total. The second-order valence-corrected chi connectivity index (χ2v) is 8.17. The molecule has 0 unspecified atom stereocenters. The van der Waals surface area contributed by atoms with E-state index < -0.39 is 11.8 Å². The minimum atomic E-state index is -0.402. The van der Waals surface area contributed by atoms with Crippen LogP contribution in [-0.4, -0.2) is 25.0 Å². The van der Waals surface area contributed by atoms with Crippen LogP contribution in [0.3, 0.4) is 0 Å². The highest BCUT2D eigenvalue weighted by Gasteiger charge is 2.42. The van der Waals surface area contributed by atoms with Crippen molar-refractivity contribution in [3.05, 3.63) is 95.1 Å². The first-order valence-corrected chi connectivity index (χ1v) is 10.7. The van der Waals surface area contributed by atoms with Crippen LogP contribution in [0.5, 0.6) is 5.75 Å². The molecule has 0 aliphatic carbocycles. The van der Waals surface area contributed by atoms with Gasteiger partial charge in [0.2, 0.25) is 0 Å². The predicted molar refractivity (Wildman–Crippen MR) is 128 cm³/mol. The largest absolute Gasteiger partial charge is 0.491 e. The number of halogens is 1. The van der Waals surface area contributed by atoms with Gasteiger partial charge in [0.05, 0.1) is 17.4 Å². The molecule has 2 amide bonds. The molecule has 0 atom stereocenters. The van der Waals surface area contributed by atoms with E-state index in [2.05, 4.69) is 0 Å². The summed E-state index contributed by atoms with van der Waals surface area (Å²) in [5.41, 5.74) is 2.51. The zero-order chi connectivity index (χ0) is 22.8. The van der Waals surface area contributed by atoms with Gasteiger partial charge in [-0.05, 0) is 61.9 Å². The Morgan fingerprint density at radius 1 is 0.875 bits per heavy atom. The Balaban J connectivity index is 1.83. The lowest BCUT2D eigenvalue weighted by atomic mass is 10.0. The minimum Gasteiger partial charge on any atom is -0.491 e. The predicted octanol–water partition coefficient (Wildman–Crippen LogP) is 5.55. The van der Waals surface area contributed by atoms with Crippen LogP contribution in [0.25, 0.3) is 5.57 Å². The summed E-state index contributed by atoms with van der Waals surface area (Å²) in [6, 6.07) is 23.4. The molecule has 0 radical (unpaired) electrons. The maximum absolute atomic E-state index is 13.6. The number of carbonyl (C=O) groups excluding carboxylic acids is 2. The van der Waals surface area contributed by atoms with E-state index in [4.69, 9.17) is 16.3 Å². The standard InChI is InChI=1S/C26H23ClN2O3/c1-17(2)32-22-14-12-18(13-15-22)23-24(28(3)20-9-5-4-6-10-20)26(31)29(25(23)30)21-11-7-8-19(27)16-21/h4-17H,1-3H3. The van der Waals surface area contributed by atoms with Crippen LogP contribution in [0.1, 0.15) is 19.4 Å². The number of rotatable bonds is 6. The average molecular weight is 447 g/mol. The highest BCUT2D eigenvalue weighted by atomic mass is 35.5. The molecule has 0 aromatic heterocycles. The van der Waals surface area contributed by atoms with E-state index in [-0.39, 0.29) is 6.10 Å². The molecular formula is C26H23ClN2O3. The molecule has 0 bridgehead atoms. The van der Waals surface area contributed by atoms with E-state index in [9.17, 15) is 9.59 Å². The highest BCUT2D eigenvalue weighted by Crippen LogP contribution is 2.37. The van der Waals surface area contributed by atoms with Gasteiger partial charge in [-0.2, -0.15) is 0 Å². The van der Waals surface area contributed by atoms with Crippen molar-refractivity contribution < 1.29 is 14.3 Å². The Morgan fingerprint density at radius 3 is 2.19 bits per heavy atom. The van der Waals surface area contributed by atoms with Gasteiger partial charge in [0.1, 0.15) is 11.4 Å². The minimum absolute atomic E-state index is 0.0350. The topological polar surface area (TPSA) is 49.9 Å². The molecule has 162 valence electrons. The van der Waals surface area contributed by atoms with Gasteiger partial charge in [-0.15, -0.1) is 0 Å². The molecule has 1 heterocycles. The summed E-state index contributed by atoms with van der Waals surface area (Å²) in [4.78, 5) is 30.1. The van der Waals surface area contributed by atoms with Crippen LogP contribution < -0.4 is 14.5 Å². The quantitative estimate of drug-likeness (QED) is 0.466. The first-order valence-electron chi connectivity index (χ1n) is 10.3. The Morgan fingerprint density at radius 2 is 1.56 bits per heavy atom. The van der Waals surface area contributed by atoms with Gasteiger partial charge in [0.25, 0.3) is 11.8 Å². The van der Waals surface area contributed by atoms with Gasteiger partial charge in [-0.25, -0.2) is 4.90 Å². The van der Waals surface area contributed by atoms with E-state index in [0.717, 1.165) is 5.69 Å². The highest BCUT2D eigenvalue weighted by molar-refractivity contribution is 6.46. The molecule has 3 aromatic carbocycles. The van der Waals surface area contributed by atoms with Gasteiger partial charge >= 0.3 is 0 Å². The first kappa shape index (κ1) is 21.7. The number of likely N-dealkylation sites (N-methyl/N-ethyl adjacent to an activating group) is 1. The fourth-order valence-electron chi connectivity index (χ4n) is 3.69. The summed E-state index contributed by atoms with van der Waals surface area (Å²) in [5, 5.41) is 0.449. The molecule has 0 spiro atoms. The lowest BCUT2D eigenvalue weighted by molar-refractivity contribution is -0.120. The van der Waals surface area contributed by atoms with Gasteiger partial charge in [0, 0.05) is 17.8 Å². The molecule has 1 aliphatic heterocycles. The summed E-state index contributed by atoms with van der Waals surface area (Å²) >= 11 is 6.14. The number of hydrogen-bond acceptors (Lipinski definition) is 4. The third-order valence-electron chi connectivity index (χ3n) is 5.12. The summed E-state index contributed by atoms with van der Waals surface area (Å²) in [7, 11) is 1.79. The Labute approximate surface area is 192 Å². The SMILES string of the molecule is CC(C)Oc1ccc(C2=C(N(C)c3ccccc3)C(=O)N(c3cccc(Cl)c3)C2=O)cc1. The van der Waals surface area contributed by atoms with Crippen LogP contribution in [0.4, 0.5) is 11.4 Å². The number of nitrogens with zero attached hydrogens (tertiary/aromatic N) is 2. The van der Waals surface area contributed by atoms with Gasteiger partial charge in [0.15, 0.2) is 0 Å². The van der Waals surface area contributed by atoms with Crippen LogP contribution in [0.15, 0.2) is 84.6 Å². The van der Waals surface area contributed by atoms with Crippen molar-refractivity contribution in [1.29, 1.82) is 0 Å². The lowest BCUT2D eigenvalue weighted by Gasteiger charge is -2.21. The number of carbonyl (C=O) groups is 2. The number of para-hydroxylation sites is 1. The maximum atomic E-state index is 13.6. The Hall–Kier alpha value is -3.57. The second-order valence-electron chi connectivity index (χ2n) is 7.73. The third kappa shape index (κ3) is 4.12. The van der Waals surface area contributed by atoms with E-state index in [0.29, 0.717) is 33.3 Å². The van der Waals surface area contributed by atoms with Gasteiger partial charge < -0.3 is 9.64 Å². The molecule has 0 saturated carbocycles. The van der Waals surface area contributed by atoms with Crippen molar-refractivity contribution >= 4 is 40.4 Å². The number of ether oxygens (including phenoxy) is 1. The smallest absolute Gasteiger partial charge is 0.282 e. The first-order chi connectivity index (χ1) is 15.4. The monoisotopic (exact) mass is 446 g/mol. The third-order valence-corrected chi connectivity index (χ3v) is 5.35. The number of anilines is 2. The van der Waals surface area contributed by atoms with E-state index in [1.54, 1.807) is 48.3 Å². The fraction of sp³-hybridized carbons (Fsp3) is 0.154. The molecule has 3 aromatic rings. The molecule has 32 heavy (non-hydrogen) atoms. The van der Waals surface area contributed by atoms with Crippen molar-refractivity contribution in [3.63, 3.8) is 0 Å². The molecule has 1 aliphatic rings. The van der Waals surface area contributed by atoms with Crippen LogP contribution in [-0.2, 0) is 9.59 Å². The van der Waals surface area contributed by atoms with Crippen LogP contribution >= 0.6 is 11.6 Å². The zero-order valence-corrected chi connectivity index (χ0v) is 18.8. The number of hydrogen-bond donors (Lipinski definition) is 0. The van der Waals surface area contributed by atoms with Gasteiger partial charge in [-0.1, -0.05) is 48.0 Å². The number of amides is 2. The van der Waals surface area contributed by atoms with E-state index in [1.165, 1.54) is 4.90 Å². The Kier molecular flexibility index (Phi) is 6.01. The molecule has 0 saturated heterocycles. The Bertz CT molecular complexity index is 1190. The number of benzene rings is 3. The molecule has 4 rings (SSSR count). The molecular weight excluding hydrogens is 424 g/mol. The van der Waals surface area contributed by atoms with Crippen LogP contribution in [0, 0.1) is 0 Å². The van der Waals surface area contributed by atoms with Crippen molar-refractivity contribution in [3.8, 4) is 5.75 Å². The average Bonchev–Trinajstić information content (AvgIpc) is 3.04. The van der Waals surface area contributed by atoms with Crippen molar-refractivity contribution in [2.24, 2.45) is 0 Å². The van der Waals surface area contributed by atoms with E-state index >= 15 is 0 Å². The van der Waals surface area contributed by atoms with E-state index in [1.807, 2.05) is 56.3 Å².